The van der Waals surface area contributed by atoms with E-state index in [0.717, 1.165) is 9.37 Å². The molecule has 1 saturated heterocycles. The predicted molar refractivity (Wildman–Crippen MR) is 151 cm³/mol. The van der Waals surface area contributed by atoms with Crippen LogP contribution in [0.5, 0.6) is 11.5 Å². The van der Waals surface area contributed by atoms with Crippen LogP contribution in [-0.4, -0.2) is 35.5 Å². The Morgan fingerprint density at radius 1 is 1.08 bits per heavy atom. The average Bonchev–Trinajstić information content (AvgIpc) is 2.87. The van der Waals surface area contributed by atoms with Gasteiger partial charge in [0.05, 0.1) is 21.4 Å². The highest BCUT2D eigenvalue weighted by atomic mass is 127. The maximum Gasteiger partial charge on any atom is 0.335 e. The number of benzene rings is 3. The van der Waals surface area contributed by atoms with Crippen LogP contribution in [0.1, 0.15) is 28.4 Å². The summed E-state index contributed by atoms with van der Waals surface area (Å²) >= 11 is 5.37. The van der Waals surface area contributed by atoms with Crippen LogP contribution in [0.15, 0.2) is 70.7 Å². The fourth-order valence-electron chi connectivity index (χ4n) is 3.67. The molecule has 0 aliphatic carbocycles. The van der Waals surface area contributed by atoms with Gasteiger partial charge in [0, 0.05) is 4.47 Å². The molecule has 0 aromatic heterocycles. The van der Waals surface area contributed by atoms with Gasteiger partial charge in [0.25, 0.3) is 11.8 Å². The number of nitrogens with zero attached hydrogens (tertiary/aromatic N) is 1. The topological polar surface area (TPSA) is 122 Å². The Balaban J connectivity index is 1.64. The van der Waals surface area contributed by atoms with Crippen molar-refractivity contribution in [3.8, 4) is 11.5 Å². The molecule has 0 bridgehead atoms. The zero-order valence-electron chi connectivity index (χ0n) is 19.9. The third-order valence-corrected chi connectivity index (χ3v) is 6.72. The van der Waals surface area contributed by atoms with E-state index in [2.05, 4.69) is 43.8 Å². The summed E-state index contributed by atoms with van der Waals surface area (Å²) in [5.41, 5.74) is 1.40. The van der Waals surface area contributed by atoms with Gasteiger partial charge in [-0.15, -0.1) is 0 Å². The molecule has 194 valence electrons. The summed E-state index contributed by atoms with van der Waals surface area (Å²) < 4.78 is 13.2. The van der Waals surface area contributed by atoms with E-state index >= 15 is 0 Å². The molecule has 0 saturated carbocycles. The van der Waals surface area contributed by atoms with E-state index in [1.807, 2.05) is 0 Å². The number of aromatic carboxylic acids is 1. The van der Waals surface area contributed by atoms with Crippen molar-refractivity contribution >= 4 is 74.1 Å². The molecule has 11 heteroatoms. The average molecular weight is 691 g/mol. The molecule has 3 aromatic carbocycles. The zero-order chi connectivity index (χ0) is 27.4. The van der Waals surface area contributed by atoms with Crippen LogP contribution in [-0.2, 0) is 16.2 Å². The first-order valence-electron chi connectivity index (χ1n) is 11.3. The van der Waals surface area contributed by atoms with Crippen LogP contribution in [0, 0.1) is 3.57 Å². The first-order valence-corrected chi connectivity index (χ1v) is 13.1. The fourth-order valence-corrected chi connectivity index (χ4v) is 4.72. The van der Waals surface area contributed by atoms with Crippen molar-refractivity contribution in [2.45, 2.75) is 13.5 Å². The lowest BCUT2D eigenvalue weighted by Gasteiger charge is -2.26. The van der Waals surface area contributed by atoms with Gasteiger partial charge in [-0.05, 0) is 95.2 Å². The Bertz CT molecular complexity index is 1470. The molecule has 0 unspecified atom stereocenters. The predicted octanol–water partition coefficient (Wildman–Crippen LogP) is 5.40. The number of barbiturate groups is 1. The number of nitrogens with one attached hydrogen (secondary N) is 1. The number of carbonyl (C=O) groups is 4. The molecule has 38 heavy (non-hydrogen) atoms. The summed E-state index contributed by atoms with van der Waals surface area (Å²) in [4.78, 5) is 50.4. The van der Waals surface area contributed by atoms with Gasteiger partial charge in [-0.1, -0.05) is 28.1 Å². The molecule has 4 amide bonds. The van der Waals surface area contributed by atoms with Gasteiger partial charge in [-0.3, -0.25) is 14.9 Å². The summed E-state index contributed by atoms with van der Waals surface area (Å²) in [6.07, 6.45) is 1.39. The second-order valence-corrected chi connectivity index (χ2v) is 10.1. The van der Waals surface area contributed by atoms with Crippen molar-refractivity contribution in [3.05, 3.63) is 91.0 Å². The maximum atomic E-state index is 13.2. The van der Waals surface area contributed by atoms with E-state index < -0.39 is 23.8 Å². The van der Waals surface area contributed by atoms with Gasteiger partial charge in [-0.2, -0.15) is 0 Å². The van der Waals surface area contributed by atoms with E-state index in [0.29, 0.717) is 38.5 Å². The van der Waals surface area contributed by atoms with Crippen LogP contribution in [0.25, 0.3) is 6.08 Å². The number of anilines is 1. The van der Waals surface area contributed by atoms with E-state index in [1.165, 1.54) is 18.2 Å². The summed E-state index contributed by atoms with van der Waals surface area (Å²) in [5, 5.41) is 11.4. The number of halogens is 2. The Hall–Kier alpha value is -3.71. The largest absolute Gasteiger partial charge is 0.490 e. The van der Waals surface area contributed by atoms with Crippen molar-refractivity contribution in [3.63, 3.8) is 0 Å². The molecule has 0 spiro atoms. The Kier molecular flexibility index (Phi) is 8.47. The Morgan fingerprint density at radius 3 is 2.50 bits per heavy atom. The lowest BCUT2D eigenvalue weighted by molar-refractivity contribution is -0.122. The van der Waals surface area contributed by atoms with E-state index in [-0.39, 0.29) is 17.7 Å². The fraction of sp³-hybridized carbons (Fsp3) is 0.111. The standard InChI is InChI=1S/C27H20BrIN2O7/c1-2-37-22-13-16(12-21(29)23(22)38-14-15-4-3-5-17(10-15)26(34)35)11-20-24(32)30-27(36)31(25(20)33)19-8-6-18(28)7-9-19/h3-13H,2,14H2,1H3,(H,34,35)(H,30,32,36)/b20-11+. The molecule has 1 heterocycles. The number of hydrogen-bond donors (Lipinski definition) is 2. The highest BCUT2D eigenvalue weighted by Gasteiger charge is 2.36. The number of hydrogen-bond acceptors (Lipinski definition) is 6. The van der Waals surface area contributed by atoms with Crippen LogP contribution in [0.4, 0.5) is 10.5 Å². The number of amides is 4. The van der Waals surface area contributed by atoms with Gasteiger partial charge in [0.2, 0.25) is 0 Å². The van der Waals surface area contributed by atoms with E-state index in [4.69, 9.17) is 9.47 Å². The van der Waals surface area contributed by atoms with E-state index in [9.17, 15) is 24.3 Å². The van der Waals surface area contributed by atoms with Gasteiger partial charge < -0.3 is 14.6 Å². The van der Waals surface area contributed by atoms with Crippen molar-refractivity contribution in [2.24, 2.45) is 0 Å². The molecule has 3 aromatic rings. The molecular formula is C27H20BrIN2O7. The normalized spacial score (nSPS) is 14.4. The second-order valence-electron chi connectivity index (χ2n) is 7.99. The summed E-state index contributed by atoms with van der Waals surface area (Å²) in [6, 6.07) is 15.5. The first kappa shape index (κ1) is 27.3. The zero-order valence-corrected chi connectivity index (χ0v) is 23.6. The monoisotopic (exact) mass is 690 g/mol. The van der Waals surface area contributed by atoms with E-state index in [1.54, 1.807) is 55.5 Å². The minimum absolute atomic E-state index is 0.1000. The molecule has 0 radical (unpaired) electrons. The lowest BCUT2D eigenvalue weighted by Crippen LogP contribution is -2.54. The summed E-state index contributed by atoms with van der Waals surface area (Å²) in [7, 11) is 0. The minimum atomic E-state index is -1.03. The summed E-state index contributed by atoms with van der Waals surface area (Å²) in [6.45, 7) is 2.23. The number of ether oxygens (including phenoxy) is 2. The third kappa shape index (κ3) is 6.05. The third-order valence-electron chi connectivity index (χ3n) is 5.39. The Labute approximate surface area is 239 Å². The molecule has 1 aliphatic rings. The molecule has 4 rings (SSSR count). The second kappa shape index (κ2) is 11.8. The number of carbonyl (C=O) groups excluding carboxylic acids is 3. The van der Waals surface area contributed by atoms with Crippen LogP contribution >= 0.6 is 38.5 Å². The van der Waals surface area contributed by atoms with Crippen LogP contribution < -0.4 is 19.7 Å². The molecule has 9 nitrogen and oxygen atoms in total. The number of imide groups is 2. The minimum Gasteiger partial charge on any atom is -0.490 e. The quantitative estimate of drug-likeness (QED) is 0.185. The first-order chi connectivity index (χ1) is 18.2. The van der Waals surface area contributed by atoms with Gasteiger partial charge >= 0.3 is 12.0 Å². The molecule has 2 N–H and O–H groups in total. The van der Waals surface area contributed by atoms with Gasteiger partial charge in [0.1, 0.15) is 12.2 Å². The van der Waals surface area contributed by atoms with Crippen molar-refractivity contribution in [2.75, 3.05) is 11.5 Å². The summed E-state index contributed by atoms with van der Waals surface area (Å²) in [5.74, 6) is -1.78. The van der Waals surface area contributed by atoms with Crippen molar-refractivity contribution in [1.29, 1.82) is 0 Å². The highest BCUT2D eigenvalue weighted by Crippen LogP contribution is 2.36. The Morgan fingerprint density at radius 2 is 1.82 bits per heavy atom. The highest BCUT2D eigenvalue weighted by molar-refractivity contribution is 14.1. The SMILES string of the molecule is CCOc1cc(/C=C2\C(=O)NC(=O)N(c3ccc(Br)cc3)C2=O)cc(I)c1OCc1cccc(C(=O)O)c1. The number of carboxylic acids is 1. The lowest BCUT2D eigenvalue weighted by atomic mass is 10.1. The van der Waals surface area contributed by atoms with Crippen LogP contribution in [0.3, 0.4) is 0 Å². The molecule has 1 aliphatic heterocycles. The van der Waals surface area contributed by atoms with Gasteiger partial charge in [0.15, 0.2) is 11.5 Å². The smallest absolute Gasteiger partial charge is 0.335 e. The number of rotatable bonds is 8. The molecular weight excluding hydrogens is 671 g/mol. The molecule has 0 atom stereocenters. The van der Waals surface area contributed by atoms with Crippen LogP contribution in [0.2, 0.25) is 0 Å². The number of carboxylic acid groups (broad SMARTS) is 1. The van der Waals surface area contributed by atoms with Crippen molar-refractivity contribution in [1.82, 2.24) is 5.32 Å². The number of urea groups is 1. The van der Waals surface area contributed by atoms with Gasteiger partial charge in [-0.25, -0.2) is 14.5 Å². The van der Waals surface area contributed by atoms with Crippen molar-refractivity contribution < 1.29 is 33.8 Å². The maximum absolute atomic E-state index is 13.2. The molecule has 1 fully saturated rings.